The molecule has 0 radical (unpaired) electrons. The van der Waals surface area contributed by atoms with Crippen molar-refractivity contribution < 1.29 is 14.5 Å². The van der Waals surface area contributed by atoms with Gasteiger partial charge in [0.25, 0.3) is 17.5 Å². The van der Waals surface area contributed by atoms with Crippen molar-refractivity contribution in [3.05, 3.63) is 81.1 Å². The number of nitrogens with one attached hydrogen (secondary N) is 1. The average molecular weight is 426 g/mol. The number of non-ortho nitro benzene ring substituents is 1. The van der Waals surface area contributed by atoms with Crippen LogP contribution >= 0.6 is 24.4 Å². The number of nitrogens with zero attached hydrogens (tertiary/aromatic N) is 3. The fourth-order valence-corrected chi connectivity index (χ4v) is 3.25. The number of thiocarbonyl (C=S) groups is 1. The van der Waals surface area contributed by atoms with E-state index in [-0.39, 0.29) is 22.9 Å². The average Bonchev–Trinajstić information content (AvgIpc) is 2.69. The van der Waals surface area contributed by atoms with Crippen LogP contribution in [-0.4, -0.2) is 37.9 Å². The van der Waals surface area contributed by atoms with Gasteiger partial charge in [-0.25, -0.2) is 0 Å². The highest BCUT2D eigenvalue weighted by atomic mass is 32.1. The van der Waals surface area contributed by atoms with Crippen molar-refractivity contribution in [3.8, 4) is 5.69 Å². The summed E-state index contributed by atoms with van der Waals surface area (Å²) in [5, 5.41) is 13.3. The molecule has 1 aliphatic heterocycles. The quantitative estimate of drug-likeness (QED) is 0.197. The molecule has 0 bridgehead atoms. The Morgan fingerprint density at radius 2 is 1.86 bits per heavy atom. The van der Waals surface area contributed by atoms with E-state index in [4.69, 9.17) is 24.4 Å². The highest BCUT2D eigenvalue weighted by Crippen LogP contribution is 2.19. The van der Waals surface area contributed by atoms with Gasteiger partial charge in [-0.15, -0.1) is 6.58 Å². The van der Waals surface area contributed by atoms with E-state index >= 15 is 0 Å². The molecule has 1 aromatic heterocycles. The molecular weight excluding hydrogens is 412 g/mol. The van der Waals surface area contributed by atoms with Gasteiger partial charge in [-0.05, 0) is 36.5 Å². The maximum Gasteiger partial charge on any atom is 0.269 e. The van der Waals surface area contributed by atoms with E-state index in [1.54, 1.807) is 35.0 Å². The van der Waals surface area contributed by atoms with E-state index in [1.807, 2.05) is 0 Å². The second-order valence-electron chi connectivity index (χ2n) is 5.93. The summed E-state index contributed by atoms with van der Waals surface area (Å²) in [5.41, 5.74) is 0.926. The molecule has 0 unspecified atom stereocenters. The number of carbonyl (C=O) groups is 2. The molecule has 0 atom stereocenters. The number of hydrogen-bond donors (Lipinski definition) is 1. The SMILES string of the molecule is C=CCN1C(=O)/C(=C/c2cccn(-c3ccc([N+](=O)[O-])cc3)c2=S)C(=O)NC1=S. The monoisotopic (exact) mass is 426 g/mol. The zero-order chi connectivity index (χ0) is 21.1. The fourth-order valence-electron chi connectivity index (χ4n) is 2.70. The summed E-state index contributed by atoms with van der Waals surface area (Å²) in [6.45, 7) is 3.74. The lowest BCUT2D eigenvalue weighted by Crippen LogP contribution is -2.53. The molecule has 1 aliphatic rings. The number of amides is 2. The molecule has 29 heavy (non-hydrogen) atoms. The lowest BCUT2D eigenvalue weighted by atomic mass is 10.1. The smallest absolute Gasteiger partial charge is 0.269 e. The van der Waals surface area contributed by atoms with Crippen LogP contribution in [0, 0.1) is 14.8 Å². The van der Waals surface area contributed by atoms with E-state index in [2.05, 4.69) is 11.9 Å². The van der Waals surface area contributed by atoms with Crippen LogP contribution in [0.2, 0.25) is 0 Å². The normalized spacial score (nSPS) is 15.4. The molecular formula is C19H14N4O4S2. The molecule has 2 amide bonds. The van der Waals surface area contributed by atoms with E-state index in [0.717, 1.165) is 0 Å². The van der Waals surface area contributed by atoms with Gasteiger partial charge in [0.1, 0.15) is 10.2 Å². The van der Waals surface area contributed by atoms with E-state index in [1.165, 1.54) is 29.2 Å². The van der Waals surface area contributed by atoms with Crippen molar-refractivity contribution in [3.63, 3.8) is 0 Å². The summed E-state index contributed by atoms with van der Waals surface area (Å²) in [5.74, 6) is -1.15. The third-order valence-electron chi connectivity index (χ3n) is 4.11. The highest BCUT2D eigenvalue weighted by Gasteiger charge is 2.32. The predicted molar refractivity (Wildman–Crippen MR) is 114 cm³/mol. The molecule has 2 heterocycles. The van der Waals surface area contributed by atoms with E-state index in [9.17, 15) is 19.7 Å². The predicted octanol–water partition coefficient (Wildman–Crippen LogP) is 2.93. The molecule has 8 nitrogen and oxygen atoms in total. The lowest BCUT2D eigenvalue weighted by molar-refractivity contribution is -0.384. The van der Waals surface area contributed by atoms with Gasteiger partial charge in [-0.1, -0.05) is 24.4 Å². The van der Waals surface area contributed by atoms with E-state index in [0.29, 0.717) is 15.9 Å². The van der Waals surface area contributed by atoms with Gasteiger partial charge >= 0.3 is 0 Å². The van der Waals surface area contributed by atoms with Gasteiger partial charge in [-0.3, -0.25) is 29.9 Å². The molecule has 0 saturated carbocycles. The summed E-state index contributed by atoms with van der Waals surface area (Å²) < 4.78 is 1.96. The maximum absolute atomic E-state index is 12.7. The minimum atomic E-state index is -0.611. The number of aromatic nitrogens is 1. The van der Waals surface area contributed by atoms with Crippen LogP contribution in [0.3, 0.4) is 0 Å². The van der Waals surface area contributed by atoms with Gasteiger partial charge in [0.2, 0.25) is 0 Å². The van der Waals surface area contributed by atoms with Crippen LogP contribution in [0.25, 0.3) is 11.8 Å². The maximum atomic E-state index is 12.7. The van der Waals surface area contributed by atoms with Crippen LogP contribution in [0.1, 0.15) is 5.56 Å². The lowest BCUT2D eigenvalue weighted by Gasteiger charge is -2.27. The zero-order valence-electron chi connectivity index (χ0n) is 14.9. The van der Waals surface area contributed by atoms with Crippen LogP contribution in [-0.2, 0) is 9.59 Å². The Bertz CT molecular complexity index is 1140. The third kappa shape index (κ3) is 4.03. The topological polar surface area (TPSA) is 97.5 Å². The Balaban J connectivity index is 2.03. The second-order valence-corrected chi connectivity index (χ2v) is 6.71. The Morgan fingerprint density at radius 3 is 2.48 bits per heavy atom. The second kappa shape index (κ2) is 8.25. The highest BCUT2D eigenvalue weighted by molar-refractivity contribution is 7.80. The van der Waals surface area contributed by atoms with Crippen molar-refractivity contribution in [2.24, 2.45) is 0 Å². The molecule has 1 aromatic carbocycles. The van der Waals surface area contributed by atoms with Crippen molar-refractivity contribution in [1.82, 2.24) is 14.8 Å². The number of nitro groups is 1. The standard InChI is InChI=1S/C19H14N4O4S2/c1-2-9-22-17(25)15(16(24)20-19(22)29)11-12-4-3-10-21(18(12)28)13-5-7-14(8-6-13)23(26)27/h2-8,10-11H,1,9H2,(H,20,24,29)/b15-11+. The largest absolute Gasteiger partial charge is 0.308 e. The van der Waals surface area contributed by atoms with Crippen molar-refractivity contribution >= 4 is 53.1 Å². The first-order valence-corrected chi connectivity index (χ1v) is 9.11. The van der Waals surface area contributed by atoms with Crippen LogP contribution in [0.4, 0.5) is 5.69 Å². The minimum Gasteiger partial charge on any atom is -0.308 e. The Kier molecular flexibility index (Phi) is 5.76. The van der Waals surface area contributed by atoms with Gasteiger partial charge in [0.15, 0.2) is 5.11 Å². The summed E-state index contributed by atoms with van der Waals surface area (Å²) in [4.78, 5) is 36.5. The molecule has 2 aromatic rings. The molecule has 146 valence electrons. The number of rotatable bonds is 5. The Labute approximate surface area is 175 Å². The Hall–Kier alpha value is -3.50. The van der Waals surface area contributed by atoms with Gasteiger partial charge in [0.05, 0.1) is 4.92 Å². The number of nitro benzene ring substituents is 1. The number of carbonyl (C=O) groups excluding carboxylic acids is 2. The van der Waals surface area contributed by atoms with Crippen LogP contribution < -0.4 is 5.32 Å². The fraction of sp³-hybridized carbons (Fsp3) is 0.0526. The van der Waals surface area contributed by atoms with Crippen molar-refractivity contribution in [2.75, 3.05) is 6.54 Å². The molecule has 1 fully saturated rings. The first kappa shape index (κ1) is 20.2. The van der Waals surface area contributed by atoms with Crippen molar-refractivity contribution in [1.29, 1.82) is 0 Å². The Morgan fingerprint density at radius 1 is 1.17 bits per heavy atom. The van der Waals surface area contributed by atoms with Gasteiger partial charge in [0, 0.05) is 36.1 Å². The summed E-state index contributed by atoms with van der Waals surface area (Å²) >= 11 is 10.5. The van der Waals surface area contributed by atoms with Crippen LogP contribution in [0.5, 0.6) is 0 Å². The van der Waals surface area contributed by atoms with Crippen molar-refractivity contribution in [2.45, 2.75) is 0 Å². The molecule has 0 aliphatic carbocycles. The summed E-state index contributed by atoms with van der Waals surface area (Å²) in [6.07, 6.45) is 4.59. The first-order valence-electron chi connectivity index (χ1n) is 8.29. The van der Waals surface area contributed by atoms with Gasteiger partial charge < -0.3 is 4.57 Å². The minimum absolute atomic E-state index is 0.0182. The molecule has 0 spiro atoms. The first-order chi connectivity index (χ1) is 13.8. The molecule has 10 heteroatoms. The van der Waals surface area contributed by atoms with Gasteiger partial charge in [-0.2, -0.15) is 0 Å². The number of benzene rings is 1. The molecule has 3 rings (SSSR count). The number of hydrogen-bond acceptors (Lipinski definition) is 6. The third-order valence-corrected chi connectivity index (χ3v) is 4.87. The van der Waals surface area contributed by atoms with E-state index < -0.39 is 16.7 Å². The molecule has 1 N–H and O–H groups in total. The van der Waals surface area contributed by atoms with Crippen LogP contribution in [0.15, 0.2) is 60.8 Å². The summed E-state index contributed by atoms with van der Waals surface area (Å²) in [7, 11) is 0. The zero-order valence-corrected chi connectivity index (χ0v) is 16.5. The summed E-state index contributed by atoms with van der Waals surface area (Å²) in [6, 6.07) is 9.23. The number of pyridine rings is 1. The molecule has 1 saturated heterocycles.